The minimum atomic E-state index is -0.0689. The highest BCUT2D eigenvalue weighted by Crippen LogP contribution is 2.37. The van der Waals surface area contributed by atoms with Crippen LogP contribution in [0.5, 0.6) is 11.5 Å². The zero-order valence-electron chi connectivity index (χ0n) is 24.0. The van der Waals surface area contributed by atoms with Gasteiger partial charge in [-0.05, 0) is 82.8 Å². The van der Waals surface area contributed by atoms with Gasteiger partial charge in [0.2, 0.25) is 0 Å². The second kappa shape index (κ2) is 10.3. The van der Waals surface area contributed by atoms with Crippen molar-refractivity contribution in [2.75, 3.05) is 0 Å². The first-order valence-corrected chi connectivity index (χ1v) is 14.2. The molecule has 7 aromatic rings. The van der Waals surface area contributed by atoms with Gasteiger partial charge >= 0.3 is 0 Å². The molecule has 0 saturated carbocycles. The number of ether oxygens (including phenoxy) is 1. The van der Waals surface area contributed by atoms with E-state index in [0.717, 1.165) is 50.6 Å². The normalized spacial score (nSPS) is 11.7. The van der Waals surface area contributed by atoms with E-state index in [1.165, 1.54) is 16.5 Å². The fourth-order valence-electron chi connectivity index (χ4n) is 5.52. The summed E-state index contributed by atoms with van der Waals surface area (Å²) in [6.45, 7) is 6.67. The van der Waals surface area contributed by atoms with Crippen molar-refractivity contribution >= 4 is 21.8 Å². The van der Waals surface area contributed by atoms with Crippen LogP contribution in [0.1, 0.15) is 26.3 Å². The number of para-hydroxylation sites is 1. The highest BCUT2D eigenvalue weighted by Gasteiger charge is 2.18. The molecule has 4 nitrogen and oxygen atoms in total. The number of benzene rings is 4. The van der Waals surface area contributed by atoms with Crippen LogP contribution in [0.15, 0.2) is 134 Å². The fraction of sp³-hybridized carbons (Fsp3) is 0.105. The van der Waals surface area contributed by atoms with Gasteiger partial charge in [0.1, 0.15) is 17.3 Å². The highest BCUT2D eigenvalue weighted by atomic mass is 16.5. The molecule has 0 amide bonds. The molecular weight excluding hydrogens is 514 g/mol. The molecule has 3 aromatic heterocycles. The SMILES string of the molecule is CC(C)(C)c1cc(Oc2ccc3c4ccccc4n(-c4ccccn4)c3c2)cc(-c2cc(-c3ccccc3)ccn2)c1. The first-order valence-electron chi connectivity index (χ1n) is 14.2. The molecule has 3 heterocycles. The van der Waals surface area contributed by atoms with Crippen LogP contribution in [0.2, 0.25) is 0 Å². The molecule has 204 valence electrons. The number of nitrogens with zero attached hydrogens (tertiary/aromatic N) is 3. The Balaban J connectivity index is 1.33. The largest absolute Gasteiger partial charge is 0.457 e. The molecule has 4 heteroatoms. The second-order valence-corrected chi connectivity index (χ2v) is 11.6. The highest BCUT2D eigenvalue weighted by molar-refractivity contribution is 6.09. The monoisotopic (exact) mass is 545 g/mol. The van der Waals surface area contributed by atoms with E-state index in [-0.39, 0.29) is 5.41 Å². The van der Waals surface area contributed by atoms with E-state index < -0.39 is 0 Å². The van der Waals surface area contributed by atoms with Crippen LogP contribution in [0, 0.1) is 0 Å². The smallest absolute Gasteiger partial charge is 0.137 e. The Kier molecular flexibility index (Phi) is 6.32. The molecule has 0 saturated heterocycles. The van der Waals surface area contributed by atoms with Crippen molar-refractivity contribution in [3.63, 3.8) is 0 Å². The summed E-state index contributed by atoms with van der Waals surface area (Å²) in [7, 11) is 0. The molecule has 0 atom stereocenters. The number of hydrogen-bond acceptors (Lipinski definition) is 3. The fourth-order valence-corrected chi connectivity index (χ4v) is 5.52. The van der Waals surface area contributed by atoms with E-state index in [1.807, 2.05) is 36.7 Å². The average Bonchev–Trinajstić information content (AvgIpc) is 3.35. The summed E-state index contributed by atoms with van der Waals surface area (Å²) in [6, 6.07) is 41.8. The first-order chi connectivity index (χ1) is 20.4. The standard InChI is InChI=1S/C38H31N3O/c1-38(2,3)29-21-28(34-23-27(18-20-39-34)26-11-5-4-6-12-26)22-31(24-29)42-30-16-17-33-32-13-7-8-14-35(32)41(36(33)25-30)37-15-9-10-19-40-37/h4-25H,1-3H3. The maximum Gasteiger partial charge on any atom is 0.137 e. The predicted octanol–water partition coefficient (Wildman–Crippen LogP) is 10.00. The third-order valence-electron chi connectivity index (χ3n) is 7.69. The van der Waals surface area contributed by atoms with Gasteiger partial charge in [-0.25, -0.2) is 4.98 Å². The van der Waals surface area contributed by atoms with Gasteiger partial charge < -0.3 is 4.74 Å². The van der Waals surface area contributed by atoms with E-state index in [9.17, 15) is 0 Å². The minimum absolute atomic E-state index is 0.0689. The van der Waals surface area contributed by atoms with Crippen LogP contribution in [0.4, 0.5) is 0 Å². The first kappa shape index (κ1) is 25.7. The molecule has 0 aliphatic heterocycles. The molecule has 0 bridgehead atoms. The summed E-state index contributed by atoms with van der Waals surface area (Å²) in [5.41, 5.74) is 7.53. The molecule has 0 aliphatic carbocycles. The maximum absolute atomic E-state index is 6.62. The number of rotatable bonds is 5. The molecule has 0 N–H and O–H groups in total. The molecule has 7 rings (SSSR count). The van der Waals surface area contributed by atoms with Crippen LogP contribution < -0.4 is 4.74 Å². The van der Waals surface area contributed by atoms with Crippen LogP contribution in [0.25, 0.3) is 50.0 Å². The zero-order valence-corrected chi connectivity index (χ0v) is 24.0. The average molecular weight is 546 g/mol. The maximum atomic E-state index is 6.62. The van der Waals surface area contributed by atoms with Crippen molar-refractivity contribution in [2.45, 2.75) is 26.2 Å². The van der Waals surface area contributed by atoms with Gasteiger partial charge in [0.15, 0.2) is 0 Å². The van der Waals surface area contributed by atoms with Gasteiger partial charge in [-0.3, -0.25) is 9.55 Å². The van der Waals surface area contributed by atoms with Gasteiger partial charge in [-0.2, -0.15) is 0 Å². The van der Waals surface area contributed by atoms with E-state index in [2.05, 4.69) is 127 Å². The number of pyridine rings is 2. The Bertz CT molecular complexity index is 2040. The molecule has 0 fully saturated rings. The van der Waals surface area contributed by atoms with Gasteiger partial charge in [0, 0.05) is 34.8 Å². The Labute approximate surface area is 245 Å². The Morgan fingerprint density at radius 3 is 2.14 bits per heavy atom. The van der Waals surface area contributed by atoms with Gasteiger partial charge in [-0.15, -0.1) is 0 Å². The van der Waals surface area contributed by atoms with E-state index in [0.29, 0.717) is 0 Å². The summed E-state index contributed by atoms with van der Waals surface area (Å²) in [4.78, 5) is 9.41. The van der Waals surface area contributed by atoms with E-state index in [4.69, 9.17) is 9.72 Å². The van der Waals surface area contributed by atoms with Gasteiger partial charge in [-0.1, -0.05) is 75.4 Å². The topological polar surface area (TPSA) is 39.9 Å². The lowest BCUT2D eigenvalue weighted by Crippen LogP contribution is -2.11. The summed E-state index contributed by atoms with van der Waals surface area (Å²) in [5.74, 6) is 2.43. The summed E-state index contributed by atoms with van der Waals surface area (Å²) in [5, 5.41) is 2.35. The van der Waals surface area contributed by atoms with Crippen molar-refractivity contribution in [1.29, 1.82) is 0 Å². The predicted molar refractivity (Wildman–Crippen MR) is 172 cm³/mol. The second-order valence-electron chi connectivity index (χ2n) is 11.6. The lowest BCUT2D eigenvalue weighted by molar-refractivity contribution is 0.479. The zero-order chi connectivity index (χ0) is 28.7. The van der Waals surface area contributed by atoms with E-state index >= 15 is 0 Å². The van der Waals surface area contributed by atoms with Crippen molar-refractivity contribution in [2.24, 2.45) is 0 Å². The van der Waals surface area contributed by atoms with E-state index in [1.54, 1.807) is 0 Å². The van der Waals surface area contributed by atoms with Crippen LogP contribution in [-0.4, -0.2) is 14.5 Å². The molecule has 0 aliphatic rings. The van der Waals surface area contributed by atoms with Crippen LogP contribution in [-0.2, 0) is 5.41 Å². The van der Waals surface area contributed by atoms with Crippen molar-refractivity contribution < 1.29 is 4.74 Å². The Morgan fingerprint density at radius 2 is 1.33 bits per heavy atom. The summed E-state index contributed by atoms with van der Waals surface area (Å²) in [6.07, 6.45) is 3.71. The quantitative estimate of drug-likeness (QED) is 0.216. The molecule has 4 aromatic carbocycles. The van der Waals surface area contributed by atoms with Gasteiger partial charge in [0.25, 0.3) is 0 Å². The molecule has 42 heavy (non-hydrogen) atoms. The molecule has 0 radical (unpaired) electrons. The van der Waals surface area contributed by atoms with Crippen LogP contribution in [0.3, 0.4) is 0 Å². The molecule has 0 spiro atoms. The minimum Gasteiger partial charge on any atom is -0.457 e. The molecule has 0 unspecified atom stereocenters. The van der Waals surface area contributed by atoms with Crippen molar-refractivity contribution in [1.82, 2.24) is 14.5 Å². The van der Waals surface area contributed by atoms with Gasteiger partial charge in [0.05, 0.1) is 16.7 Å². The third kappa shape index (κ3) is 4.82. The van der Waals surface area contributed by atoms with Crippen molar-refractivity contribution in [3.05, 3.63) is 139 Å². The Hall–Kier alpha value is -5.22. The molecular formula is C38H31N3O. The summed E-state index contributed by atoms with van der Waals surface area (Å²) < 4.78 is 8.83. The third-order valence-corrected chi connectivity index (χ3v) is 7.69. The number of aromatic nitrogens is 3. The lowest BCUT2D eigenvalue weighted by atomic mass is 9.85. The number of hydrogen-bond donors (Lipinski definition) is 0. The van der Waals surface area contributed by atoms with Crippen LogP contribution >= 0.6 is 0 Å². The summed E-state index contributed by atoms with van der Waals surface area (Å²) >= 11 is 0. The number of fused-ring (bicyclic) bond motifs is 3. The van der Waals surface area contributed by atoms with Crippen molar-refractivity contribution in [3.8, 4) is 39.7 Å². The Morgan fingerprint density at radius 1 is 0.548 bits per heavy atom. The lowest BCUT2D eigenvalue weighted by Gasteiger charge is -2.21.